The third-order valence-electron chi connectivity index (χ3n) is 6.31. The summed E-state index contributed by atoms with van der Waals surface area (Å²) >= 11 is 0. The molecule has 0 radical (unpaired) electrons. The Morgan fingerprint density at radius 2 is 1.94 bits per heavy atom. The highest BCUT2D eigenvalue weighted by Crippen LogP contribution is 2.18. The number of piperidine rings is 1. The topological polar surface area (TPSA) is 89.4 Å². The van der Waals surface area contributed by atoms with Gasteiger partial charge in [0.05, 0.1) is 18.9 Å². The first kappa shape index (κ1) is 22.3. The average molecular weight is 440 g/mol. The molecule has 1 aromatic carbocycles. The first-order valence-corrected chi connectivity index (χ1v) is 11.8. The molecule has 1 unspecified atom stereocenters. The molecule has 2 aliphatic rings. The lowest BCUT2D eigenvalue weighted by Gasteiger charge is -2.32. The lowest BCUT2D eigenvalue weighted by molar-refractivity contribution is -0.136. The smallest absolute Gasteiger partial charge is 0.226 e. The molecule has 1 N–H and O–H groups in total. The summed E-state index contributed by atoms with van der Waals surface area (Å²) in [4.78, 5) is 27.1. The molecular formula is C24H33N5O3. The molecule has 1 fully saturated rings. The zero-order valence-electron chi connectivity index (χ0n) is 18.7. The molecule has 0 saturated carbocycles. The van der Waals surface area contributed by atoms with Crippen molar-refractivity contribution in [1.82, 2.24) is 25.0 Å². The number of carbonyl (C=O) groups is 2. The van der Waals surface area contributed by atoms with E-state index in [4.69, 9.17) is 4.74 Å². The van der Waals surface area contributed by atoms with Crippen LogP contribution in [0.3, 0.4) is 0 Å². The molecule has 172 valence electrons. The molecule has 0 bridgehead atoms. The molecule has 8 heteroatoms. The van der Waals surface area contributed by atoms with Gasteiger partial charge in [0.1, 0.15) is 17.4 Å². The maximum atomic E-state index is 12.7. The summed E-state index contributed by atoms with van der Waals surface area (Å²) in [6, 6.07) is 9.50. The van der Waals surface area contributed by atoms with Crippen molar-refractivity contribution < 1.29 is 14.3 Å². The number of carbonyl (C=O) groups excluding carboxylic acids is 2. The summed E-state index contributed by atoms with van der Waals surface area (Å²) in [7, 11) is 0. The van der Waals surface area contributed by atoms with E-state index in [9.17, 15) is 9.59 Å². The number of likely N-dealkylation sites (tertiary alicyclic amines) is 1. The van der Waals surface area contributed by atoms with Crippen molar-refractivity contribution in [2.45, 2.75) is 57.9 Å². The molecule has 0 spiro atoms. The van der Waals surface area contributed by atoms with Crippen molar-refractivity contribution in [2.24, 2.45) is 5.92 Å². The number of para-hydroxylation sites is 1. The summed E-state index contributed by atoms with van der Waals surface area (Å²) in [5.74, 6) is 2.71. The SMILES string of the molecule is O=C(NCCc1nnc2n1CCCCC2)C1CCCN(C(=O)CCOc2ccccc2)C1. The molecule has 0 aliphatic carbocycles. The predicted molar refractivity (Wildman–Crippen MR) is 120 cm³/mol. The fraction of sp³-hybridized carbons (Fsp3) is 0.583. The van der Waals surface area contributed by atoms with Crippen LogP contribution in [0.25, 0.3) is 0 Å². The van der Waals surface area contributed by atoms with Crippen LogP contribution >= 0.6 is 0 Å². The van der Waals surface area contributed by atoms with Gasteiger partial charge in [-0.1, -0.05) is 24.6 Å². The fourth-order valence-electron chi connectivity index (χ4n) is 4.52. The molecule has 32 heavy (non-hydrogen) atoms. The van der Waals surface area contributed by atoms with Crippen molar-refractivity contribution in [3.63, 3.8) is 0 Å². The Bertz CT molecular complexity index is 898. The van der Waals surface area contributed by atoms with E-state index in [2.05, 4.69) is 20.1 Å². The standard InChI is InChI=1S/C24H33N5O3/c30-23(13-17-32-20-9-3-1-4-10-20)28-15-7-8-19(18-28)24(31)25-14-12-22-27-26-21-11-5-2-6-16-29(21)22/h1,3-4,9-10,19H,2,5-8,11-18H2,(H,25,31). The number of nitrogens with zero attached hydrogens (tertiary/aromatic N) is 4. The highest BCUT2D eigenvalue weighted by Gasteiger charge is 2.28. The summed E-state index contributed by atoms with van der Waals surface area (Å²) in [6.45, 7) is 3.06. The molecule has 3 heterocycles. The lowest BCUT2D eigenvalue weighted by atomic mass is 9.97. The Hall–Kier alpha value is -2.90. The minimum Gasteiger partial charge on any atom is -0.493 e. The number of aromatic nitrogens is 3. The molecule has 2 amide bonds. The number of hydrogen-bond acceptors (Lipinski definition) is 5. The minimum absolute atomic E-state index is 0.0265. The molecular weight excluding hydrogens is 406 g/mol. The monoisotopic (exact) mass is 439 g/mol. The molecule has 2 aromatic rings. The highest BCUT2D eigenvalue weighted by molar-refractivity contribution is 5.81. The van der Waals surface area contributed by atoms with Gasteiger partial charge in [0, 0.05) is 39.0 Å². The van der Waals surface area contributed by atoms with E-state index < -0.39 is 0 Å². The van der Waals surface area contributed by atoms with Gasteiger partial charge in [-0.15, -0.1) is 10.2 Å². The zero-order chi connectivity index (χ0) is 22.2. The summed E-state index contributed by atoms with van der Waals surface area (Å²) in [6.07, 6.45) is 7.22. The van der Waals surface area contributed by atoms with Crippen molar-refractivity contribution >= 4 is 11.8 Å². The van der Waals surface area contributed by atoms with Gasteiger partial charge in [-0.05, 0) is 37.8 Å². The summed E-state index contributed by atoms with van der Waals surface area (Å²) in [5, 5.41) is 11.7. The van der Waals surface area contributed by atoms with Crippen LogP contribution < -0.4 is 10.1 Å². The van der Waals surface area contributed by atoms with E-state index in [0.717, 1.165) is 49.6 Å². The third kappa shape index (κ3) is 5.87. The minimum atomic E-state index is -0.154. The normalized spacial score (nSPS) is 18.5. The van der Waals surface area contributed by atoms with E-state index in [1.54, 1.807) is 4.90 Å². The zero-order valence-corrected chi connectivity index (χ0v) is 18.7. The van der Waals surface area contributed by atoms with Crippen LogP contribution in [0, 0.1) is 5.92 Å². The van der Waals surface area contributed by atoms with Gasteiger partial charge in [0.15, 0.2) is 0 Å². The van der Waals surface area contributed by atoms with Gasteiger partial charge in [0.2, 0.25) is 11.8 Å². The van der Waals surface area contributed by atoms with E-state index >= 15 is 0 Å². The van der Waals surface area contributed by atoms with E-state index in [1.165, 1.54) is 12.8 Å². The Morgan fingerprint density at radius 3 is 2.81 bits per heavy atom. The van der Waals surface area contributed by atoms with Crippen LogP contribution in [0.2, 0.25) is 0 Å². The molecule has 8 nitrogen and oxygen atoms in total. The van der Waals surface area contributed by atoms with E-state index in [0.29, 0.717) is 39.1 Å². The van der Waals surface area contributed by atoms with Crippen LogP contribution in [-0.2, 0) is 29.0 Å². The van der Waals surface area contributed by atoms with Crippen LogP contribution in [0.5, 0.6) is 5.75 Å². The largest absolute Gasteiger partial charge is 0.493 e. The Balaban J connectivity index is 1.19. The van der Waals surface area contributed by atoms with E-state index in [1.807, 2.05) is 30.3 Å². The molecule has 2 aliphatic heterocycles. The maximum Gasteiger partial charge on any atom is 0.226 e. The van der Waals surface area contributed by atoms with Crippen LogP contribution in [0.1, 0.15) is 50.2 Å². The van der Waals surface area contributed by atoms with Gasteiger partial charge in [-0.25, -0.2) is 0 Å². The highest BCUT2D eigenvalue weighted by atomic mass is 16.5. The number of ether oxygens (including phenoxy) is 1. The third-order valence-corrected chi connectivity index (χ3v) is 6.31. The second-order valence-electron chi connectivity index (χ2n) is 8.63. The lowest BCUT2D eigenvalue weighted by Crippen LogP contribution is -2.46. The first-order valence-electron chi connectivity index (χ1n) is 11.8. The van der Waals surface area contributed by atoms with Gasteiger partial charge in [-0.2, -0.15) is 0 Å². The molecule has 1 atom stereocenters. The Labute approximate surface area is 189 Å². The Morgan fingerprint density at radius 1 is 1.06 bits per heavy atom. The van der Waals surface area contributed by atoms with Gasteiger partial charge in [-0.3, -0.25) is 9.59 Å². The number of aryl methyl sites for hydroxylation is 1. The van der Waals surface area contributed by atoms with Crippen molar-refractivity contribution in [1.29, 1.82) is 0 Å². The Kier molecular flexibility index (Phi) is 7.74. The second kappa shape index (κ2) is 11.1. The average Bonchev–Trinajstić information content (AvgIpc) is 3.05. The van der Waals surface area contributed by atoms with Crippen LogP contribution in [-0.4, -0.2) is 57.7 Å². The molecule has 1 saturated heterocycles. The quantitative estimate of drug-likeness (QED) is 0.682. The van der Waals surface area contributed by atoms with Gasteiger partial charge >= 0.3 is 0 Å². The predicted octanol–water partition coefficient (Wildman–Crippen LogP) is 2.37. The van der Waals surface area contributed by atoms with Crippen LogP contribution in [0.15, 0.2) is 30.3 Å². The summed E-state index contributed by atoms with van der Waals surface area (Å²) in [5.41, 5.74) is 0. The summed E-state index contributed by atoms with van der Waals surface area (Å²) < 4.78 is 7.86. The maximum absolute atomic E-state index is 12.7. The van der Waals surface area contributed by atoms with E-state index in [-0.39, 0.29) is 17.7 Å². The molecule has 1 aromatic heterocycles. The van der Waals surface area contributed by atoms with Crippen molar-refractivity contribution in [3.05, 3.63) is 42.0 Å². The first-order chi connectivity index (χ1) is 15.7. The van der Waals surface area contributed by atoms with Crippen molar-refractivity contribution in [3.8, 4) is 5.75 Å². The number of benzene rings is 1. The van der Waals surface area contributed by atoms with Gasteiger partial charge in [0.25, 0.3) is 0 Å². The number of fused-ring (bicyclic) bond motifs is 1. The van der Waals surface area contributed by atoms with Crippen molar-refractivity contribution in [2.75, 3.05) is 26.2 Å². The van der Waals surface area contributed by atoms with Crippen LogP contribution in [0.4, 0.5) is 0 Å². The van der Waals surface area contributed by atoms with Gasteiger partial charge < -0.3 is 19.5 Å². The molecule has 4 rings (SSSR count). The second-order valence-corrected chi connectivity index (χ2v) is 8.63. The number of nitrogens with one attached hydrogen (secondary N) is 1. The number of amides is 2. The number of hydrogen-bond donors (Lipinski definition) is 1. The fourth-order valence-corrected chi connectivity index (χ4v) is 4.52. The number of rotatable bonds is 8.